The van der Waals surface area contributed by atoms with Gasteiger partial charge in [0.05, 0.1) is 26.2 Å². The largest absolute Gasteiger partial charge is 0.325 e. The highest BCUT2D eigenvalue weighted by molar-refractivity contribution is 5.86. The fourth-order valence-electron chi connectivity index (χ4n) is 1.34. The molecule has 0 radical (unpaired) electrons. The minimum atomic E-state index is 0. The summed E-state index contributed by atoms with van der Waals surface area (Å²) in [6.45, 7) is 14.2. The standard InChI is InChI=1S/C8H20N.5ClH/c1-5-9(6-2,7-3)8-4;;;;;/h5-8H2,1-4H3;5*1H/q+1;;;;;. The maximum atomic E-state index is 2.27. The van der Waals surface area contributed by atoms with E-state index in [0.29, 0.717) is 0 Å². The van der Waals surface area contributed by atoms with E-state index in [9.17, 15) is 0 Å². The van der Waals surface area contributed by atoms with Gasteiger partial charge >= 0.3 is 0 Å². The molecule has 14 heavy (non-hydrogen) atoms. The Bertz CT molecular complexity index is 60.6. The topological polar surface area (TPSA) is 0 Å². The second kappa shape index (κ2) is 19.9. The molecule has 0 bridgehead atoms. The van der Waals surface area contributed by atoms with Crippen molar-refractivity contribution in [2.24, 2.45) is 0 Å². The van der Waals surface area contributed by atoms with Crippen LogP contribution in [-0.4, -0.2) is 30.7 Å². The molecule has 0 aliphatic rings. The lowest BCUT2D eigenvalue weighted by Gasteiger charge is -2.34. The Morgan fingerprint density at radius 1 is 0.500 bits per heavy atom. The van der Waals surface area contributed by atoms with Gasteiger partial charge in [0.25, 0.3) is 0 Å². The molecular formula is C8H25Cl5N+. The second-order valence-electron chi connectivity index (χ2n) is 2.61. The van der Waals surface area contributed by atoms with Gasteiger partial charge in [-0.2, -0.15) is 0 Å². The van der Waals surface area contributed by atoms with E-state index in [1.165, 1.54) is 30.7 Å². The van der Waals surface area contributed by atoms with E-state index in [-0.39, 0.29) is 62.0 Å². The molecule has 0 rings (SSSR count). The third-order valence-electron chi connectivity index (χ3n) is 2.68. The van der Waals surface area contributed by atoms with Gasteiger partial charge in [-0.1, -0.05) is 0 Å². The lowest BCUT2D eigenvalue weighted by Crippen LogP contribution is -2.47. The summed E-state index contributed by atoms with van der Waals surface area (Å²) in [5.41, 5.74) is 0. The summed E-state index contributed by atoms with van der Waals surface area (Å²) in [4.78, 5) is 0. The van der Waals surface area contributed by atoms with Crippen molar-refractivity contribution in [1.29, 1.82) is 0 Å². The second-order valence-corrected chi connectivity index (χ2v) is 2.61. The van der Waals surface area contributed by atoms with Crippen LogP contribution in [0.3, 0.4) is 0 Å². The zero-order valence-corrected chi connectivity index (χ0v) is 13.4. The molecule has 96 valence electrons. The third kappa shape index (κ3) is 11.5. The van der Waals surface area contributed by atoms with E-state index in [2.05, 4.69) is 27.7 Å². The average molecular weight is 313 g/mol. The molecule has 0 saturated carbocycles. The summed E-state index contributed by atoms with van der Waals surface area (Å²) < 4.78 is 1.28. The monoisotopic (exact) mass is 310 g/mol. The normalized spacial score (nSPS) is 7.71. The van der Waals surface area contributed by atoms with Crippen molar-refractivity contribution in [1.82, 2.24) is 0 Å². The number of quaternary nitrogens is 1. The summed E-state index contributed by atoms with van der Waals surface area (Å²) in [7, 11) is 0. The van der Waals surface area contributed by atoms with Crippen molar-refractivity contribution in [3.8, 4) is 0 Å². The third-order valence-corrected chi connectivity index (χ3v) is 2.68. The van der Waals surface area contributed by atoms with Crippen molar-refractivity contribution < 1.29 is 4.48 Å². The van der Waals surface area contributed by atoms with Crippen LogP contribution in [0.25, 0.3) is 0 Å². The predicted octanol–water partition coefficient (Wildman–Crippen LogP) is 3.99. The van der Waals surface area contributed by atoms with Gasteiger partial charge in [0.2, 0.25) is 0 Å². The Morgan fingerprint density at radius 2 is 0.643 bits per heavy atom. The summed E-state index contributed by atoms with van der Waals surface area (Å²) in [6.07, 6.45) is 0. The van der Waals surface area contributed by atoms with Crippen LogP contribution in [0.1, 0.15) is 27.7 Å². The molecule has 0 aromatic rings. The summed E-state index contributed by atoms with van der Waals surface area (Å²) >= 11 is 0. The molecule has 1 nitrogen and oxygen atoms in total. The van der Waals surface area contributed by atoms with Crippen LogP contribution in [0, 0.1) is 0 Å². The van der Waals surface area contributed by atoms with Gasteiger partial charge in [-0.15, -0.1) is 62.0 Å². The first-order valence-electron chi connectivity index (χ1n) is 4.09. The number of nitrogens with zero attached hydrogens (tertiary/aromatic N) is 1. The molecule has 0 aromatic carbocycles. The molecule has 0 atom stereocenters. The molecular weight excluding hydrogens is 287 g/mol. The van der Waals surface area contributed by atoms with E-state index in [1.807, 2.05) is 0 Å². The predicted molar refractivity (Wildman–Crippen MR) is 78.7 cm³/mol. The highest BCUT2D eigenvalue weighted by Gasteiger charge is 2.16. The highest BCUT2D eigenvalue weighted by atomic mass is 35.5. The van der Waals surface area contributed by atoms with E-state index in [1.54, 1.807) is 0 Å². The minimum Gasteiger partial charge on any atom is -0.325 e. The quantitative estimate of drug-likeness (QED) is 0.689. The fraction of sp³-hybridized carbons (Fsp3) is 1.00. The maximum absolute atomic E-state index is 2.27. The number of halogens is 5. The summed E-state index contributed by atoms with van der Waals surface area (Å²) in [5.74, 6) is 0. The van der Waals surface area contributed by atoms with E-state index in [0.717, 1.165) is 0 Å². The first kappa shape index (κ1) is 36.1. The van der Waals surface area contributed by atoms with Gasteiger partial charge in [-0.25, -0.2) is 0 Å². The Kier molecular flexibility index (Phi) is 51.4. The van der Waals surface area contributed by atoms with Crippen molar-refractivity contribution in [3.05, 3.63) is 0 Å². The van der Waals surface area contributed by atoms with E-state index >= 15 is 0 Å². The first-order chi connectivity index (χ1) is 4.24. The van der Waals surface area contributed by atoms with Crippen LogP contribution < -0.4 is 0 Å². The van der Waals surface area contributed by atoms with Crippen LogP contribution in [-0.2, 0) is 0 Å². The lowest BCUT2D eigenvalue weighted by atomic mass is 10.3. The maximum Gasteiger partial charge on any atom is 0.0757 e. The molecule has 0 aromatic heterocycles. The zero-order valence-electron chi connectivity index (χ0n) is 9.32. The van der Waals surface area contributed by atoms with Crippen LogP contribution >= 0.6 is 62.0 Å². The molecule has 0 fully saturated rings. The Hall–Kier alpha value is 1.41. The molecule has 0 unspecified atom stereocenters. The van der Waals surface area contributed by atoms with E-state index < -0.39 is 0 Å². The Balaban J connectivity index is -0.0000000320. The zero-order chi connectivity index (χ0) is 7.33. The van der Waals surface area contributed by atoms with Crippen LogP contribution in [0.5, 0.6) is 0 Å². The van der Waals surface area contributed by atoms with Crippen molar-refractivity contribution >= 4 is 62.0 Å². The molecule has 6 heteroatoms. The van der Waals surface area contributed by atoms with Crippen molar-refractivity contribution in [2.45, 2.75) is 27.7 Å². The lowest BCUT2D eigenvalue weighted by molar-refractivity contribution is -0.921. The van der Waals surface area contributed by atoms with Gasteiger partial charge in [-0.3, -0.25) is 0 Å². The SMILES string of the molecule is CC[N+](CC)(CC)CC.Cl.Cl.Cl.Cl.Cl. The van der Waals surface area contributed by atoms with Crippen LogP contribution in [0.15, 0.2) is 0 Å². The van der Waals surface area contributed by atoms with Crippen molar-refractivity contribution in [3.63, 3.8) is 0 Å². The van der Waals surface area contributed by atoms with Crippen molar-refractivity contribution in [2.75, 3.05) is 26.2 Å². The number of rotatable bonds is 4. The molecule has 0 aliphatic carbocycles. The highest BCUT2D eigenvalue weighted by Crippen LogP contribution is 2.03. The van der Waals surface area contributed by atoms with E-state index in [4.69, 9.17) is 0 Å². The van der Waals surface area contributed by atoms with Crippen LogP contribution in [0.2, 0.25) is 0 Å². The fourth-order valence-corrected chi connectivity index (χ4v) is 1.34. The molecule has 0 aliphatic heterocycles. The van der Waals surface area contributed by atoms with Gasteiger partial charge in [0.1, 0.15) is 0 Å². The number of hydrogen-bond acceptors (Lipinski definition) is 0. The first-order valence-corrected chi connectivity index (χ1v) is 4.09. The molecule has 0 amide bonds. The van der Waals surface area contributed by atoms with Gasteiger partial charge in [0, 0.05) is 0 Å². The average Bonchev–Trinajstić information content (AvgIpc) is 1.95. The summed E-state index contributed by atoms with van der Waals surface area (Å²) in [5, 5.41) is 0. The van der Waals surface area contributed by atoms with Crippen LogP contribution in [0.4, 0.5) is 0 Å². The van der Waals surface area contributed by atoms with Gasteiger partial charge < -0.3 is 4.48 Å². The Morgan fingerprint density at radius 3 is 0.643 bits per heavy atom. The number of hydrogen-bond donors (Lipinski definition) is 0. The van der Waals surface area contributed by atoms with Gasteiger partial charge in [-0.05, 0) is 27.7 Å². The van der Waals surface area contributed by atoms with Gasteiger partial charge in [0.15, 0.2) is 0 Å². The molecule has 0 spiro atoms. The molecule has 0 saturated heterocycles. The smallest absolute Gasteiger partial charge is 0.0757 e. The molecule has 0 N–H and O–H groups in total. The Labute approximate surface area is 120 Å². The summed E-state index contributed by atoms with van der Waals surface area (Å²) in [6, 6.07) is 0. The minimum absolute atomic E-state index is 0. The molecule has 0 heterocycles.